The van der Waals surface area contributed by atoms with Crippen LogP contribution in [0.5, 0.6) is 0 Å². The van der Waals surface area contributed by atoms with Gasteiger partial charge in [0.1, 0.15) is 6.61 Å². The first-order chi connectivity index (χ1) is 5.36. The molecule has 0 N–H and O–H groups in total. The van der Waals surface area contributed by atoms with Gasteiger partial charge in [0.25, 0.3) is 0 Å². The van der Waals surface area contributed by atoms with E-state index >= 15 is 0 Å². The molecule has 11 heavy (non-hydrogen) atoms. The van der Waals surface area contributed by atoms with Crippen LogP contribution < -0.4 is 0 Å². The normalized spacial score (nSPS) is 31.4. The van der Waals surface area contributed by atoms with Crippen molar-refractivity contribution in [2.24, 2.45) is 0 Å². The first-order valence-corrected chi connectivity index (χ1v) is 4.09. The minimum absolute atomic E-state index is 0.582. The lowest BCUT2D eigenvalue weighted by Gasteiger charge is -2.40. The Morgan fingerprint density at radius 1 is 1.45 bits per heavy atom. The molecule has 3 nitrogen and oxygen atoms in total. The zero-order chi connectivity index (χ0) is 7.68. The van der Waals surface area contributed by atoms with Gasteiger partial charge in [0, 0.05) is 25.8 Å². The van der Waals surface area contributed by atoms with Gasteiger partial charge in [-0.05, 0) is 7.05 Å². The van der Waals surface area contributed by atoms with E-state index in [0.29, 0.717) is 6.04 Å². The largest absolute Gasteiger partial charge is 0.497 e. The molecule has 0 bridgehead atoms. The van der Waals surface area contributed by atoms with Crippen LogP contribution >= 0.6 is 0 Å². The Bertz CT molecular complexity index is 169. The van der Waals surface area contributed by atoms with E-state index in [0.717, 1.165) is 19.7 Å². The molecule has 2 aliphatic heterocycles. The van der Waals surface area contributed by atoms with Crippen molar-refractivity contribution in [2.75, 3.05) is 33.3 Å². The molecule has 0 radical (unpaired) electrons. The van der Waals surface area contributed by atoms with Crippen LogP contribution in [0, 0.1) is 0 Å². The van der Waals surface area contributed by atoms with Crippen molar-refractivity contribution in [1.29, 1.82) is 0 Å². The van der Waals surface area contributed by atoms with Crippen LogP contribution in [0.2, 0.25) is 0 Å². The van der Waals surface area contributed by atoms with Gasteiger partial charge < -0.3 is 14.5 Å². The smallest absolute Gasteiger partial charge is 0.109 e. The molecule has 1 fully saturated rings. The van der Waals surface area contributed by atoms with E-state index in [2.05, 4.69) is 23.0 Å². The maximum absolute atomic E-state index is 5.24. The lowest BCUT2D eigenvalue weighted by Crippen LogP contribution is -2.52. The minimum Gasteiger partial charge on any atom is -0.497 e. The summed E-state index contributed by atoms with van der Waals surface area (Å²) in [6, 6.07) is 0.582. The lowest BCUT2D eigenvalue weighted by molar-refractivity contribution is 0.0534. The highest BCUT2D eigenvalue weighted by Gasteiger charge is 2.24. The van der Waals surface area contributed by atoms with Crippen molar-refractivity contribution in [1.82, 2.24) is 9.80 Å². The SMILES string of the molecule is CN1CCN2C=COC[C@H]2C1. The maximum atomic E-state index is 5.24. The summed E-state index contributed by atoms with van der Waals surface area (Å²) < 4.78 is 5.24. The molecule has 3 heteroatoms. The van der Waals surface area contributed by atoms with E-state index < -0.39 is 0 Å². The van der Waals surface area contributed by atoms with E-state index in [1.54, 1.807) is 6.26 Å². The molecule has 0 spiro atoms. The summed E-state index contributed by atoms with van der Waals surface area (Å²) in [6.07, 6.45) is 3.85. The van der Waals surface area contributed by atoms with E-state index in [1.807, 2.05) is 0 Å². The first-order valence-electron chi connectivity index (χ1n) is 4.09. The predicted molar refractivity (Wildman–Crippen MR) is 43.1 cm³/mol. The van der Waals surface area contributed by atoms with E-state index in [1.165, 1.54) is 6.54 Å². The molecule has 62 valence electrons. The fraction of sp³-hybridized carbons (Fsp3) is 0.750. The number of hydrogen-bond acceptors (Lipinski definition) is 3. The number of rotatable bonds is 0. The quantitative estimate of drug-likeness (QED) is 0.492. The third kappa shape index (κ3) is 1.33. The van der Waals surface area contributed by atoms with Crippen LogP contribution in [0.15, 0.2) is 12.5 Å². The molecule has 0 aliphatic carbocycles. The molecule has 2 heterocycles. The summed E-state index contributed by atoms with van der Waals surface area (Å²) >= 11 is 0. The van der Waals surface area contributed by atoms with Gasteiger partial charge in [-0.25, -0.2) is 0 Å². The van der Waals surface area contributed by atoms with Gasteiger partial charge in [-0.3, -0.25) is 0 Å². The Labute approximate surface area is 67.2 Å². The number of fused-ring (bicyclic) bond motifs is 1. The zero-order valence-electron chi connectivity index (χ0n) is 6.86. The van der Waals surface area contributed by atoms with Gasteiger partial charge in [0.2, 0.25) is 0 Å². The molecular weight excluding hydrogens is 140 g/mol. The molecule has 0 saturated carbocycles. The highest BCUT2D eigenvalue weighted by atomic mass is 16.5. The van der Waals surface area contributed by atoms with Crippen molar-refractivity contribution in [2.45, 2.75) is 6.04 Å². The van der Waals surface area contributed by atoms with Crippen LogP contribution in [-0.2, 0) is 4.74 Å². The summed E-state index contributed by atoms with van der Waals surface area (Å²) in [6.45, 7) is 4.28. The summed E-state index contributed by atoms with van der Waals surface area (Å²) in [5.74, 6) is 0. The highest BCUT2D eigenvalue weighted by Crippen LogP contribution is 2.12. The lowest BCUT2D eigenvalue weighted by atomic mass is 10.2. The van der Waals surface area contributed by atoms with Crippen molar-refractivity contribution >= 4 is 0 Å². The topological polar surface area (TPSA) is 15.7 Å². The van der Waals surface area contributed by atoms with Gasteiger partial charge in [0.15, 0.2) is 0 Å². The van der Waals surface area contributed by atoms with Crippen LogP contribution in [0.1, 0.15) is 0 Å². The Morgan fingerprint density at radius 3 is 3.27 bits per heavy atom. The standard InChI is InChI=1S/C8H14N2O/c1-9-2-3-10-4-5-11-7-8(10)6-9/h4-5,8H,2-3,6-7H2,1H3/t8-/m1/s1. The van der Waals surface area contributed by atoms with Crippen molar-refractivity contribution in [3.8, 4) is 0 Å². The van der Waals surface area contributed by atoms with Crippen LogP contribution in [0.4, 0.5) is 0 Å². The van der Waals surface area contributed by atoms with Gasteiger partial charge in [-0.2, -0.15) is 0 Å². The second kappa shape index (κ2) is 2.74. The summed E-state index contributed by atoms with van der Waals surface area (Å²) in [5, 5.41) is 0. The third-order valence-electron chi connectivity index (χ3n) is 2.37. The van der Waals surface area contributed by atoms with Gasteiger partial charge in [-0.15, -0.1) is 0 Å². The minimum atomic E-state index is 0.582. The van der Waals surface area contributed by atoms with Crippen molar-refractivity contribution < 1.29 is 4.74 Å². The van der Waals surface area contributed by atoms with Crippen LogP contribution in [-0.4, -0.2) is 49.1 Å². The Morgan fingerprint density at radius 2 is 2.36 bits per heavy atom. The van der Waals surface area contributed by atoms with E-state index in [4.69, 9.17) is 4.74 Å². The molecule has 1 saturated heterocycles. The predicted octanol–water partition coefficient (Wildman–Crippen LogP) is 0.104. The Balaban J connectivity index is 2.02. The van der Waals surface area contributed by atoms with E-state index in [-0.39, 0.29) is 0 Å². The van der Waals surface area contributed by atoms with Gasteiger partial charge in [-0.1, -0.05) is 0 Å². The summed E-state index contributed by atoms with van der Waals surface area (Å²) in [7, 11) is 2.16. The second-order valence-corrected chi connectivity index (χ2v) is 3.27. The van der Waals surface area contributed by atoms with Crippen molar-refractivity contribution in [3.05, 3.63) is 12.5 Å². The molecule has 2 aliphatic rings. The van der Waals surface area contributed by atoms with E-state index in [9.17, 15) is 0 Å². The van der Waals surface area contributed by atoms with Crippen molar-refractivity contribution in [3.63, 3.8) is 0 Å². The number of piperazine rings is 1. The molecule has 0 aromatic carbocycles. The molecule has 0 aromatic rings. The van der Waals surface area contributed by atoms with Gasteiger partial charge >= 0.3 is 0 Å². The average molecular weight is 154 g/mol. The third-order valence-corrected chi connectivity index (χ3v) is 2.37. The molecule has 0 amide bonds. The average Bonchev–Trinajstić information content (AvgIpc) is 2.04. The molecular formula is C8H14N2O. The molecule has 0 unspecified atom stereocenters. The number of hydrogen-bond donors (Lipinski definition) is 0. The molecule has 1 atom stereocenters. The second-order valence-electron chi connectivity index (χ2n) is 3.27. The van der Waals surface area contributed by atoms with Crippen LogP contribution in [0.3, 0.4) is 0 Å². The van der Waals surface area contributed by atoms with Gasteiger partial charge in [0.05, 0.1) is 12.3 Å². The number of nitrogens with zero attached hydrogens (tertiary/aromatic N) is 2. The fourth-order valence-electron chi connectivity index (χ4n) is 1.66. The number of ether oxygens (including phenoxy) is 1. The Kier molecular flexibility index (Phi) is 1.74. The number of likely N-dealkylation sites (N-methyl/N-ethyl adjacent to an activating group) is 1. The highest BCUT2D eigenvalue weighted by molar-refractivity contribution is 4.91. The fourth-order valence-corrected chi connectivity index (χ4v) is 1.66. The summed E-state index contributed by atoms with van der Waals surface area (Å²) in [4.78, 5) is 4.72. The zero-order valence-corrected chi connectivity index (χ0v) is 6.86. The summed E-state index contributed by atoms with van der Waals surface area (Å²) in [5.41, 5.74) is 0. The monoisotopic (exact) mass is 154 g/mol. The molecule has 0 aromatic heterocycles. The Hall–Kier alpha value is -0.700. The maximum Gasteiger partial charge on any atom is 0.109 e. The molecule has 2 rings (SSSR count). The first kappa shape index (κ1) is 6.98. The van der Waals surface area contributed by atoms with Crippen LogP contribution in [0.25, 0.3) is 0 Å².